The van der Waals surface area contributed by atoms with E-state index in [1.54, 1.807) is 20.3 Å². The summed E-state index contributed by atoms with van der Waals surface area (Å²) in [6, 6.07) is 5.51. The number of methoxy groups -OCH3 is 2. The Morgan fingerprint density at radius 1 is 1.13 bits per heavy atom. The number of nitrogens with zero attached hydrogens (tertiary/aromatic N) is 2. The first kappa shape index (κ1) is 17.1. The van der Waals surface area contributed by atoms with Gasteiger partial charge >= 0.3 is 0 Å². The van der Waals surface area contributed by atoms with Gasteiger partial charge in [0.25, 0.3) is 0 Å². The summed E-state index contributed by atoms with van der Waals surface area (Å²) in [6.07, 6.45) is 0. The van der Waals surface area contributed by atoms with Crippen LogP contribution in [0.5, 0.6) is 11.5 Å². The van der Waals surface area contributed by atoms with Crippen molar-refractivity contribution in [2.45, 2.75) is 27.3 Å². The second-order valence-corrected chi connectivity index (χ2v) is 5.45. The molecule has 2 aromatic rings. The molecule has 1 heterocycles. The largest absolute Gasteiger partial charge is 0.497 e. The predicted molar refractivity (Wildman–Crippen MR) is 96.8 cm³/mol. The van der Waals surface area contributed by atoms with Gasteiger partial charge in [-0.2, -0.15) is 5.10 Å². The minimum absolute atomic E-state index is 0.488. The molecule has 0 unspecified atom stereocenters. The van der Waals surface area contributed by atoms with E-state index < -0.39 is 0 Å². The van der Waals surface area contributed by atoms with Crippen LogP contribution < -0.4 is 20.1 Å². The van der Waals surface area contributed by atoms with E-state index in [4.69, 9.17) is 21.7 Å². The molecule has 2 rings (SSSR count). The van der Waals surface area contributed by atoms with Crippen molar-refractivity contribution in [3.05, 3.63) is 29.6 Å². The van der Waals surface area contributed by atoms with Gasteiger partial charge in [-0.3, -0.25) is 4.68 Å². The third-order valence-electron chi connectivity index (χ3n) is 3.53. The highest BCUT2D eigenvalue weighted by Gasteiger charge is 2.12. The summed E-state index contributed by atoms with van der Waals surface area (Å²) < 4.78 is 12.5. The Morgan fingerprint density at radius 3 is 2.22 bits per heavy atom. The molecule has 0 bridgehead atoms. The minimum atomic E-state index is 0.488. The number of hydrogen-bond donors (Lipinski definition) is 2. The van der Waals surface area contributed by atoms with Crippen molar-refractivity contribution in [2.24, 2.45) is 0 Å². The third-order valence-corrected chi connectivity index (χ3v) is 3.73. The van der Waals surface area contributed by atoms with Gasteiger partial charge < -0.3 is 20.1 Å². The number of thiocarbonyl (C=S) groups is 1. The molecule has 0 fully saturated rings. The molecule has 0 aliphatic rings. The summed E-state index contributed by atoms with van der Waals surface area (Å²) >= 11 is 5.40. The molecule has 1 aromatic heterocycles. The number of hydrogen-bond acceptors (Lipinski definition) is 4. The first-order valence-electron chi connectivity index (χ1n) is 7.33. The summed E-state index contributed by atoms with van der Waals surface area (Å²) in [7, 11) is 3.22. The van der Waals surface area contributed by atoms with Gasteiger partial charge in [0.05, 0.1) is 31.3 Å². The van der Waals surface area contributed by atoms with Crippen LogP contribution in [0.15, 0.2) is 18.2 Å². The first-order chi connectivity index (χ1) is 11.0. The second kappa shape index (κ2) is 7.32. The van der Waals surface area contributed by atoms with Gasteiger partial charge in [0.1, 0.15) is 11.5 Å². The fraction of sp³-hybridized carbons (Fsp3) is 0.375. The van der Waals surface area contributed by atoms with Gasteiger partial charge in [-0.1, -0.05) is 0 Å². The van der Waals surface area contributed by atoms with Crippen LogP contribution in [0.4, 0.5) is 11.4 Å². The Hall–Kier alpha value is -2.28. The van der Waals surface area contributed by atoms with Crippen molar-refractivity contribution in [1.29, 1.82) is 0 Å². The van der Waals surface area contributed by atoms with Crippen LogP contribution in [0.25, 0.3) is 0 Å². The maximum absolute atomic E-state index is 5.40. The molecule has 2 N–H and O–H groups in total. The van der Waals surface area contributed by atoms with E-state index in [9.17, 15) is 0 Å². The average Bonchev–Trinajstić information content (AvgIpc) is 2.81. The fourth-order valence-corrected chi connectivity index (χ4v) is 2.56. The Morgan fingerprint density at radius 2 is 1.74 bits per heavy atom. The lowest BCUT2D eigenvalue weighted by Gasteiger charge is -2.13. The van der Waals surface area contributed by atoms with E-state index >= 15 is 0 Å². The van der Waals surface area contributed by atoms with Crippen LogP contribution in [0.2, 0.25) is 0 Å². The summed E-state index contributed by atoms with van der Waals surface area (Å²) in [5.74, 6) is 1.39. The lowest BCUT2D eigenvalue weighted by Crippen LogP contribution is -2.20. The molecule has 0 aliphatic heterocycles. The normalized spacial score (nSPS) is 10.3. The van der Waals surface area contributed by atoms with Crippen LogP contribution in [0.1, 0.15) is 18.3 Å². The zero-order valence-corrected chi connectivity index (χ0v) is 14.9. The van der Waals surface area contributed by atoms with E-state index in [1.807, 2.05) is 30.7 Å². The molecule has 124 valence electrons. The van der Waals surface area contributed by atoms with E-state index in [2.05, 4.69) is 22.7 Å². The molecule has 0 aliphatic carbocycles. The number of aromatic nitrogens is 2. The highest BCUT2D eigenvalue weighted by atomic mass is 32.1. The number of anilines is 2. The van der Waals surface area contributed by atoms with Gasteiger partial charge in [0, 0.05) is 30.4 Å². The smallest absolute Gasteiger partial charge is 0.175 e. The molecule has 23 heavy (non-hydrogen) atoms. The lowest BCUT2D eigenvalue weighted by molar-refractivity contribution is 0.395. The Balaban J connectivity index is 2.15. The van der Waals surface area contributed by atoms with Crippen molar-refractivity contribution in [3.63, 3.8) is 0 Å². The summed E-state index contributed by atoms with van der Waals surface area (Å²) in [5, 5.41) is 11.3. The molecular formula is C16H22N4O2S. The summed E-state index contributed by atoms with van der Waals surface area (Å²) in [5.41, 5.74) is 3.69. The van der Waals surface area contributed by atoms with Crippen LogP contribution in [-0.2, 0) is 6.54 Å². The first-order valence-corrected chi connectivity index (χ1v) is 7.74. The topological polar surface area (TPSA) is 60.3 Å². The van der Waals surface area contributed by atoms with Gasteiger partial charge in [-0.15, -0.1) is 0 Å². The Labute approximate surface area is 141 Å². The quantitative estimate of drug-likeness (QED) is 0.818. The molecule has 6 nitrogen and oxygen atoms in total. The zero-order valence-electron chi connectivity index (χ0n) is 14.1. The maximum atomic E-state index is 5.40. The number of benzene rings is 1. The molecule has 0 saturated heterocycles. The molecule has 7 heteroatoms. The summed E-state index contributed by atoms with van der Waals surface area (Å²) in [6.45, 7) is 6.85. The fourth-order valence-electron chi connectivity index (χ4n) is 2.34. The highest BCUT2D eigenvalue weighted by Crippen LogP contribution is 2.26. The van der Waals surface area contributed by atoms with E-state index in [-0.39, 0.29) is 0 Å². The Bertz CT molecular complexity index is 690. The molecule has 0 atom stereocenters. The number of rotatable bonds is 5. The van der Waals surface area contributed by atoms with Crippen molar-refractivity contribution in [2.75, 3.05) is 24.9 Å². The molecule has 0 spiro atoms. The van der Waals surface area contributed by atoms with Crippen molar-refractivity contribution in [1.82, 2.24) is 9.78 Å². The van der Waals surface area contributed by atoms with E-state index in [0.717, 1.165) is 29.3 Å². The predicted octanol–water partition coefficient (Wildman–Crippen LogP) is 3.35. The van der Waals surface area contributed by atoms with Crippen LogP contribution in [-0.4, -0.2) is 29.1 Å². The Kier molecular flexibility index (Phi) is 5.44. The van der Waals surface area contributed by atoms with Crippen molar-refractivity contribution >= 4 is 28.7 Å². The molecule has 0 saturated carbocycles. The standard InChI is InChI=1S/C16H22N4O2S/c1-6-20-11(3)15(10(2)19-20)18-16(23)17-12-7-13(21-4)9-14(8-12)22-5/h7-9H,6H2,1-5H3,(H2,17,18,23). The van der Waals surface area contributed by atoms with Crippen LogP contribution in [0, 0.1) is 13.8 Å². The van der Waals surface area contributed by atoms with Gasteiger partial charge in [0.2, 0.25) is 0 Å². The van der Waals surface area contributed by atoms with E-state index in [1.165, 1.54) is 0 Å². The zero-order chi connectivity index (χ0) is 17.0. The highest BCUT2D eigenvalue weighted by molar-refractivity contribution is 7.80. The summed E-state index contributed by atoms with van der Waals surface area (Å²) in [4.78, 5) is 0. The van der Waals surface area contributed by atoms with Gasteiger partial charge in [-0.05, 0) is 33.0 Å². The van der Waals surface area contributed by atoms with Crippen LogP contribution >= 0.6 is 12.2 Å². The number of aryl methyl sites for hydroxylation is 2. The number of nitrogens with one attached hydrogen (secondary N) is 2. The number of ether oxygens (including phenoxy) is 2. The van der Waals surface area contributed by atoms with Gasteiger partial charge in [-0.25, -0.2) is 0 Å². The van der Waals surface area contributed by atoms with Crippen molar-refractivity contribution in [3.8, 4) is 11.5 Å². The molecule has 1 aromatic carbocycles. The van der Waals surface area contributed by atoms with Crippen LogP contribution in [0.3, 0.4) is 0 Å². The third kappa shape index (κ3) is 3.92. The van der Waals surface area contributed by atoms with Gasteiger partial charge in [0.15, 0.2) is 5.11 Å². The van der Waals surface area contributed by atoms with Crippen molar-refractivity contribution < 1.29 is 9.47 Å². The lowest BCUT2D eigenvalue weighted by atomic mass is 10.2. The molecule has 0 radical (unpaired) electrons. The SMILES string of the molecule is CCn1nc(C)c(NC(=S)Nc2cc(OC)cc(OC)c2)c1C. The second-order valence-electron chi connectivity index (χ2n) is 5.04. The minimum Gasteiger partial charge on any atom is -0.497 e. The van der Waals surface area contributed by atoms with E-state index in [0.29, 0.717) is 16.6 Å². The maximum Gasteiger partial charge on any atom is 0.175 e. The average molecular weight is 334 g/mol. The molecular weight excluding hydrogens is 312 g/mol. The monoisotopic (exact) mass is 334 g/mol. The molecule has 0 amide bonds.